The minimum absolute atomic E-state index is 0.179. The number of ether oxygens (including phenoxy) is 4. The van der Waals surface area contributed by atoms with Crippen LogP contribution in [-0.2, 0) is 23.7 Å². The molecule has 0 N–H and O–H groups in total. The summed E-state index contributed by atoms with van der Waals surface area (Å²) in [5.74, 6) is 0.179. The molecule has 0 amide bonds. The van der Waals surface area contributed by atoms with E-state index in [0.29, 0.717) is 52.5 Å². The minimum atomic E-state index is 0.179. The Morgan fingerprint density at radius 3 is 1.32 bits per heavy atom. The number of hydrogen-bond donors (Lipinski definition) is 0. The summed E-state index contributed by atoms with van der Waals surface area (Å²) >= 11 is 0. The Labute approximate surface area is 135 Å². The summed E-state index contributed by atoms with van der Waals surface area (Å²) in [6, 6.07) is 0. The second-order valence-corrected chi connectivity index (χ2v) is 5.20. The van der Waals surface area contributed by atoms with E-state index in [2.05, 4.69) is 13.8 Å². The predicted octanol–water partition coefficient (Wildman–Crippen LogP) is 3.00. The monoisotopic (exact) mass is 318 g/mol. The van der Waals surface area contributed by atoms with E-state index >= 15 is 0 Å². The number of unbranched alkanes of at least 4 members (excludes halogenated alkanes) is 2. The Balaban J connectivity index is 3.13. The quantitative estimate of drug-likeness (QED) is 0.364. The highest BCUT2D eigenvalue weighted by molar-refractivity contribution is 5.78. The van der Waals surface area contributed by atoms with Gasteiger partial charge in [-0.15, -0.1) is 0 Å². The number of ketones is 1. The van der Waals surface area contributed by atoms with Crippen molar-refractivity contribution in [2.45, 2.75) is 52.4 Å². The number of rotatable bonds is 18. The van der Waals surface area contributed by atoms with E-state index in [0.717, 1.165) is 38.9 Å². The van der Waals surface area contributed by atoms with Crippen molar-refractivity contribution < 1.29 is 23.7 Å². The molecule has 0 unspecified atom stereocenters. The summed E-state index contributed by atoms with van der Waals surface area (Å²) in [6.07, 6.45) is 5.35. The van der Waals surface area contributed by atoms with Crippen molar-refractivity contribution in [1.29, 1.82) is 0 Å². The van der Waals surface area contributed by atoms with Gasteiger partial charge in [0.05, 0.1) is 39.6 Å². The smallest absolute Gasteiger partial charge is 0.137 e. The van der Waals surface area contributed by atoms with Crippen LogP contribution in [-0.4, -0.2) is 58.6 Å². The lowest BCUT2D eigenvalue weighted by molar-refractivity contribution is -0.121. The maximum atomic E-state index is 11.6. The molecule has 0 aromatic heterocycles. The normalized spacial score (nSPS) is 11.0. The summed E-state index contributed by atoms with van der Waals surface area (Å²) in [6.45, 7) is 9.11. The van der Waals surface area contributed by atoms with Crippen LogP contribution < -0.4 is 0 Å². The molecule has 0 radical (unpaired) electrons. The van der Waals surface area contributed by atoms with Gasteiger partial charge >= 0.3 is 0 Å². The summed E-state index contributed by atoms with van der Waals surface area (Å²) in [4.78, 5) is 11.6. The molecule has 0 saturated carbocycles. The molecule has 5 heteroatoms. The molecule has 132 valence electrons. The van der Waals surface area contributed by atoms with E-state index in [4.69, 9.17) is 18.9 Å². The highest BCUT2D eigenvalue weighted by atomic mass is 16.5. The van der Waals surface area contributed by atoms with E-state index in [1.165, 1.54) is 0 Å². The zero-order valence-corrected chi connectivity index (χ0v) is 14.4. The second kappa shape index (κ2) is 18.6. The largest absolute Gasteiger partial charge is 0.379 e. The fraction of sp³-hybridized carbons (Fsp3) is 0.941. The Morgan fingerprint density at radius 1 is 0.591 bits per heavy atom. The van der Waals surface area contributed by atoms with Crippen LogP contribution in [0.3, 0.4) is 0 Å². The molecular formula is C17H34O5. The Kier molecular flexibility index (Phi) is 18.1. The van der Waals surface area contributed by atoms with Gasteiger partial charge in [0.15, 0.2) is 0 Å². The maximum Gasteiger partial charge on any atom is 0.137 e. The highest BCUT2D eigenvalue weighted by Crippen LogP contribution is 1.94. The van der Waals surface area contributed by atoms with E-state index in [1.54, 1.807) is 0 Å². The minimum Gasteiger partial charge on any atom is -0.379 e. The zero-order valence-electron chi connectivity index (χ0n) is 14.4. The van der Waals surface area contributed by atoms with Gasteiger partial charge < -0.3 is 18.9 Å². The molecule has 22 heavy (non-hydrogen) atoms. The Bertz CT molecular complexity index is 211. The Morgan fingerprint density at radius 2 is 0.955 bits per heavy atom. The summed E-state index contributed by atoms with van der Waals surface area (Å²) in [5.41, 5.74) is 0. The lowest BCUT2D eigenvalue weighted by Gasteiger charge is -2.06. The van der Waals surface area contributed by atoms with Gasteiger partial charge in [0.2, 0.25) is 0 Å². The van der Waals surface area contributed by atoms with Crippen molar-refractivity contribution in [3.05, 3.63) is 0 Å². The first-order valence-electron chi connectivity index (χ1n) is 8.63. The fourth-order valence-electron chi connectivity index (χ4n) is 1.63. The topological polar surface area (TPSA) is 54.0 Å². The first-order chi connectivity index (χ1) is 10.8. The Hall–Kier alpha value is -0.490. The molecule has 0 aromatic carbocycles. The molecule has 0 heterocycles. The zero-order chi connectivity index (χ0) is 16.3. The third-order valence-electron chi connectivity index (χ3n) is 3.08. The molecule has 0 bridgehead atoms. The lowest BCUT2D eigenvalue weighted by atomic mass is 10.2. The SMILES string of the molecule is CCCCOCCOCCC(=O)CCOCCOCCCC. The molecule has 0 aromatic rings. The molecule has 0 rings (SSSR count). The van der Waals surface area contributed by atoms with E-state index in [1.807, 2.05) is 0 Å². The number of carbonyl (C=O) groups is 1. The molecule has 0 spiro atoms. The van der Waals surface area contributed by atoms with Crippen molar-refractivity contribution in [3.8, 4) is 0 Å². The number of hydrogen-bond acceptors (Lipinski definition) is 5. The van der Waals surface area contributed by atoms with Gasteiger partial charge in [0.25, 0.3) is 0 Å². The highest BCUT2D eigenvalue weighted by Gasteiger charge is 2.02. The maximum absolute atomic E-state index is 11.6. The summed E-state index contributed by atoms with van der Waals surface area (Å²) in [7, 11) is 0. The predicted molar refractivity (Wildman–Crippen MR) is 87.3 cm³/mol. The van der Waals surface area contributed by atoms with Crippen molar-refractivity contribution in [3.63, 3.8) is 0 Å². The molecule has 0 atom stereocenters. The lowest BCUT2D eigenvalue weighted by Crippen LogP contribution is -2.12. The first kappa shape index (κ1) is 21.5. The van der Waals surface area contributed by atoms with Crippen LogP contribution in [0.1, 0.15) is 52.4 Å². The van der Waals surface area contributed by atoms with Crippen LogP contribution in [0.4, 0.5) is 0 Å². The third kappa shape index (κ3) is 17.6. The van der Waals surface area contributed by atoms with Gasteiger partial charge in [0, 0.05) is 26.1 Å². The summed E-state index contributed by atoms with van der Waals surface area (Å²) < 4.78 is 21.5. The average Bonchev–Trinajstić information content (AvgIpc) is 2.52. The van der Waals surface area contributed by atoms with Crippen LogP contribution in [0, 0.1) is 0 Å². The molecule has 0 saturated heterocycles. The van der Waals surface area contributed by atoms with Gasteiger partial charge in [-0.3, -0.25) is 4.79 Å². The van der Waals surface area contributed by atoms with Crippen LogP contribution in [0.25, 0.3) is 0 Å². The van der Waals surface area contributed by atoms with Crippen LogP contribution in [0.2, 0.25) is 0 Å². The van der Waals surface area contributed by atoms with Gasteiger partial charge in [-0.2, -0.15) is 0 Å². The van der Waals surface area contributed by atoms with Gasteiger partial charge in [0.1, 0.15) is 5.78 Å². The first-order valence-corrected chi connectivity index (χ1v) is 8.63. The molecule has 0 fully saturated rings. The van der Waals surface area contributed by atoms with Crippen molar-refractivity contribution >= 4 is 5.78 Å². The number of carbonyl (C=O) groups excluding carboxylic acids is 1. The average molecular weight is 318 g/mol. The fourth-order valence-corrected chi connectivity index (χ4v) is 1.63. The molecular weight excluding hydrogens is 284 g/mol. The van der Waals surface area contributed by atoms with Gasteiger partial charge in [-0.05, 0) is 12.8 Å². The summed E-state index contributed by atoms with van der Waals surface area (Å²) in [5, 5.41) is 0. The molecule has 0 aliphatic rings. The third-order valence-corrected chi connectivity index (χ3v) is 3.08. The van der Waals surface area contributed by atoms with Crippen LogP contribution in [0.15, 0.2) is 0 Å². The van der Waals surface area contributed by atoms with E-state index < -0.39 is 0 Å². The molecule has 0 aliphatic carbocycles. The molecule has 5 nitrogen and oxygen atoms in total. The standard InChI is InChI=1S/C17H34O5/c1-3-5-9-19-13-15-21-11-7-17(18)8-12-22-16-14-20-10-6-4-2/h3-16H2,1-2H3. The van der Waals surface area contributed by atoms with Crippen molar-refractivity contribution in [1.82, 2.24) is 0 Å². The van der Waals surface area contributed by atoms with Crippen molar-refractivity contribution in [2.75, 3.05) is 52.9 Å². The van der Waals surface area contributed by atoms with Gasteiger partial charge in [-0.1, -0.05) is 26.7 Å². The van der Waals surface area contributed by atoms with Crippen molar-refractivity contribution in [2.24, 2.45) is 0 Å². The molecule has 0 aliphatic heterocycles. The second-order valence-electron chi connectivity index (χ2n) is 5.20. The van der Waals surface area contributed by atoms with E-state index in [-0.39, 0.29) is 5.78 Å². The van der Waals surface area contributed by atoms with E-state index in [9.17, 15) is 4.79 Å². The van der Waals surface area contributed by atoms with Crippen LogP contribution >= 0.6 is 0 Å². The van der Waals surface area contributed by atoms with Gasteiger partial charge in [-0.25, -0.2) is 0 Å². The number of Topliss-reactive ketones (excluding diaryl/α,β-unsaturated/α-hetero) is 1. The van der Waals surface area contributed by atoms with Crippen LogP contribution in [0.5, 0.6) is 0 Å².